The van der Waals surface area contributed by atoms with Gasteiger partial charge in [0.25, 0.3) is 0 Å². The number of esters is 1. The number of carbonyl (C=O) groups excluding carboxylic acids is 1. The van der Waals surface area contributed by atoms with Gasteiger partial charge in [-0.1, -0.05) is 5.10 Å². The third kappa shape index (κ3) is 3.55. The van der Waals surface area contributed by atoms with Gasteiger partial charge in [0.05, 0.1) is 12.2 Å². The van der Waals surface area contributed by atoms with E-state index >= 15 is 0 Å². The largest absolute Gasteiger partial charge is 0.462 e. The second kappa shape index (κ2) is 6.67. The van der Waals surface area contributed by atoms with Crippen LogP contribution in [0.25, 0.3) is 0 Å². The minimum absolute atomic E-state index is 0.289. The molecule has 2 aromatic rings. The van der Waals surface area contributed by atoms with Crippen molar-refractivity contribution in [2.24, 2.45) is 5.73 Å². The van der Waals surface area contributed by atoms with Crippen molar-refractivity contribution >= 4 is 17.7 Å². The Labute approximate surface area is 116 Å². The number of nitrogens with one attached hydrogen (secondary N) is 1. The maximum absolute atomic E-state index is 11.5. The van der Waals surface area contributed by atoms with E-state index in [0.29, 0.717) is 31.0 Å². The zero-order chi connectivity index (χ0) is 14.4. The van der Waals surface area contributed by atoms with Gasteiger partial charge in [0.2, 0.25) is 5.89 Å². The normalized spacial score (nSPS) is 10.3. The van der Waals surface area contributed by atoms with E-state index in [1.165, 1.54) is 0 Å². The van der Waals surface area contributed by atoms with Crippen LogP contribution in [0.2, 0.25) is 0 Å². The maximum atomic E-state index is 11.5. The molecule has 0 radical (unpaired) electrons. The highest BCUT2D eigenvalue weighted by atomic mass is 16.5. The number of nitrogens with zero attached hydrogens (tertiary/aromatic N) is 2. The first-order valence-corrected chi connectivity index (χ1v) is 6.29. The van der Waals surface area contributed by atoms with Crippen molar-refractivity contribution in [3.05, 3.63) is 35.7 Å². The molecule has 1 aromatic heterocycles. The fourth-order valence-electron chi connectivity index (χ4n) is 1.56. The summed E-state index contributed by atoms with van der Waals surface area (Å²) in [5.74, 6) is 0.139. The molecule has 0 bridgehead atoms. The Morgan fingerprint density at radius 1 is 1.35 bits per heavy atom. The Morgan fingerprint density at radius 3 is 2.75 bits per heavy atom. The Hall–Kier alpha value is -2.41. The molecule has 7 nitrogen and oxygen atoms in total. The lowest BCUT2D eigenvalue weighted by Gasteiger charge is -2.04. The molecule has 7 heteroatoms. The van der Waals surface area contributed by atoms with E-state index in [-0.39, 0.29) is 12.0 Å². The van der Waals surface area contributed by atoms with Crippen molar-refractivity contribution < 1.29 is 13.9 Å². The molecular formula is C13H16N4O3. The van der Waals surface area contributed by atoms with Crippen LogP contribution in [0.4, 0.5) is 11.7 Å². The van der Waals surface area contributed by atoms with Crippen LogP contribution < -0.4 is 11.1 Å². The van der Waals surface area contributed by atoms with Gasteiger partial charge in [-0.25, -0.2) is 4.79 Å². The smallest absolute Gasteiger partial charge is 0.338 e. The quantitative estimate of drug-likeness (QED) is 0.770. The maximum Gasteiger partial charge on any atom is 0.338 e. The van der Waals surface area contributed by atoms with Crippen molar-refractivity contribution in [2.75, 3.05) is 18.5 Å². The Bertz CT molecular complexity index is 565. The van der Waals surface area contributed by atoms with E-state index in [4.69, 9.17) is 14.9 Å². The molecule has 0 spiro atoms. The monoisotopic (exact) mass is 276 g/mol. The molecule has 0 saturated heterocycles. The average molecular weight is 276 g/mol. The van der Waals surface area contributed by atoms with Crippen LogP contribution in [0.15, 0.2) is 28.7 Å². The Kier molecular flexibility index (Phi) is 4.67. The summed E-state index contributed by atoms with van der Waals surface area (Å²) in [5, 5.41) is 10.6. The predicted octanol–water partition coefficient (Wildman–Crippen LogP) is 1.49. The standard InChI is InChI=1S/C13H16N4O3/c1-2-19-12(18)9-3-5-10(6-4-9)15-13-17-16-11(20-13)7-8-14/h3-6H,2,7-8,14H2,1H3,(H,15,17). The lowest BCUT2D eigenvalue weighted by atomic mass is 10.2. The fraction of sp³-hybridized carbons (Fsp3) is 0.308. The van der Waals surface area contributed by atoms with Gasteiger partial charge in [0, 0.05) is 18.7 Å². The van der Waals surface area contributed by atoms with Gasteiger partial charge in [-0.15, -0.1) is 5.10 Å². The fourth-order valence-corrected chi connectivity index (χ4v) is 1.56. The number of ether oxygens (including phenoxy) is 1. The highest BCUT2D eigenvalue weighted by molar-refractivity contribution is 5.89. The van der Waals surface area contributed by atoms with E-state index in [1.54, 1.807) is 31.2 Å². The molecule has 0 aliphatic carbocycles. The van der Waals surface area contributed by atoms with Crippen LogP contribution in [0.1, 0.15) is 23.2 Å². The topological polar surface area (TPSA) is 103 Å². The molecule has 0 amide bonds. The van der Waals surface area contributed by atoms with Crippen molar-refractivity contribution in [3.8, 4) is 0 Å². The van der Waals surface area contributed by atoms with Crippen LogP contribution >= 0.6 is 0 Å². The second-order valence-corrected chi connectivity index (χ2v) is 3.96. The number of aromatic nitrogens is 2. The summed E-state index contributed by atoms with van der Waals surface area (Å²) in [7, 11) is 0. The lowest BCUT2D eigenvalue weighted by Crippen LogP contribution is -2.04. The number of hydrogen-bond donors (Lipinski definition) is 2. The molecule has 20 heavy (non-hydrogen) atoms. The Balaban J connectivity index is 2.00. The molecule has 0 unspecified atom stereocenters. The van der Waals surface area contributed by atoms with Gasteiger partial charge in [-0.05, 0) is 31.2 Å². The summed E-state index contributed by atoms with van der Waals surface area (Å²) in [4.78, 5) is 11.5. The third-order valence-electron chi connectivity index (χ3n) is 2.47. The molecule has 2 rings (SSSR count). The number of rotatable bonds is 6. The minimum atomic E-state index is -0.345. The molecule has 3 N–H and O–H groups in total. The van der Waals surface area contributed by atoms with Crippen LogP contribution in [0.3, 0.4) is 0 Å². The molecule has 106 valence electrons. The van der Waals surface area contributed by atoms with Crippen LogP contribution in [0, 0.1) is 0 Å². The van der Waals surface area contributed by atoms with E-state index in [0.717, 1.165) is 5.69 Å². The molecule has 0 aliphatic rings. The van der Waals surface area contributed by atoms with Crippen LogP contribution in [-0.4, -0.2) is 29.3 Å². The van der Waals surface area contributed by atoms with E-state index in [2.05, 4.69) is 15.5 Å². The summed E-state index contributed by atoms with van der Waals surface area (Å²) < 4.78 is 10.2. The number of nitrogens with two attached hydrogens (primary N) is 1. The van der Waals surface area contributed by atoms with Gasteiger partial charge in [-0.3, -0.25) is 0 Å². The number of benzene rings is 1. The molecule has 0 atom stereocenters. The molecule has 0 fully saturated rings. The summed E-state index contributed by atoms with van der Waals surface area (Å²) in [6.45, 7) is 2.57. The van der Waals surface area contributed by atoms with Gasteiger partial charge >= 0.3 is 12.0 Å². The lowest BCUT2D eigenvalue weighted by molar-refractivity contribution is 0.0526. The molecule has 0 aliphatic heterocycles. The summed E-state index contributed by atoms with van der Waals surface area (Å²) in [5.41, 5.74) is 6.63. The molecule has 1 aromatic carbocycles. The summed E-state index contributed by atoms with van der Waals surface area (Å²) in [6, 6.07) is 7.09. The highest BCUT2D eigenvalue weighted by Gasteiger charge is 2.08. The number of anilines is 2. The number of hydrogen-bond acceptors (Lipinski definition) is 7. The first-order chi connectivity index (χ1) is 9.72. The molecular weight excluding hydrogens is 260 g/mol. The van der Waals surface area contributed by atoms with Crippen LogP contribution in [0.5, 0.6) is 0 Å². The zero-order valence-electron chi connectivity index (χ0n) is 11.1. The molecule has 1 heterocycles. The van der Waals surface area contributed by atoms with Crippen molar-refractivity contribution in [1.29, 1.82) is 0 Å². The van der Waals surface area contributed by atoms with Crippen molar-refractivity contribution in [2.45, 2.75) is 13.3 Å². The first-order valence-electron chi connectivity index (χ1n) is 6.29. The summed E-state index contributed by atoms with van der Waals surface area (Å²) >= 11 is 0. The average Bonchev–Trinajstić information content (AvgIpc) is 2.88. The van der Waals surface area contributed by atoms with Gasteiger partial charge in [0.15, 0.2) is 0 Å². The van der Waals surface area contributed by atoms with Crippen molar-refractivity contribution in [1.82, 2.24) is 10.2 Å². The second-order valence-electron chi connectivity index (χ2n) is 3.96. The zero-order valence-corrected chi connectivity index (χ0v) is 11.1. The van der Waals surface area contributed by atoms with Gasteiger partial charge in [0.1, 0.15) is 0 Å². The van der Waals surface area contributed by atoms with Gasteiger partial charge in [-0.2, -0.15) is 0 Å². The van der Waals surface area contributed by atoms with E-state index < -0.39 is 0 Å². The highest BCUT2D eigenvalue weighted by Crippen LogP contribution is 2.16. The Morgan fingerprint density at radius 2 is 2.10 bits per heavy atom. The third-order valence-corrected chi connectivity index (χ3v) is 2.47. The van der Waals surface area contributed by atoms with E-state index in [1.807, 2.05) is 0 Å². The minimum Gasteiger partial charge on any atom is -0.462 e. The van der Waals surface area contributed by atoms with Gasteiger partial charge < -0.3 is 20.2 Å². The number of carbonyl (C=O) groups is 1. The van der Waals surface area contributed by atoms with Crippen molar-refractivity contribution in [3.63, 3.8) is 0 Å². The molecule has 0 saturated carbocycles. The van der Waals surface area contributed by atoms with Crippen LogP contribution in [-0.2, 0) is 11.2 Å². The van der Waals surface area contributed by atoms with E-state index in [9.17, 15) is 4.79 Å². The SMILES string of the molecule is CCOC(=O)c1ccc(Nc2nnc(CCN)o2)cc1. The predicted molar refractivity (Wildman–Crippen MR) is 72.7 cm³/mol. The summed E-state index contributed by atoms with van der Waals surface area (Å²) in [6.07, 6.45) is 0.538. The first kappa shape index (κ1) is 14.0.